The van der Waals surface area contributed by atoms with Gasteiger partial charge in [-0.3, -0.25) is 0 Å². The smallest absolute Gasteiger partial charge is 0.211 e. The van der Waals surface area contributed by atoms with Gasteiger partial charge in [0.25, 0.3) is 0 Å². The number of likely N-dealkylation sites (N-methyl/N-ethyl adjacent to an activating group) is 1. The number of hydrogen-bond acceptors (Lipinski definition) is 3. The van der Waals surface area contributed by atoms with E-state index < -0.39 is 10.0 Å². The highest BCUT2D eigenvalue weighted by Gasteiger charge is 2.11. The molecule has 0 saturated carbocycles. The molecular weight excluding hydrogens is 284 g/mol. The van der Waals surface area contributed by atoms with Crippen LogP contribution in [-0.2, 0) is 16.4 Å². The van der Waals surface area contributed by atoms with Gasteiger partial charge in [-0.25, -0.2) is 13.1 Å². The fraction of sp³-hybridized carbons (Fsp3) is 0.538. The molecule has 19 heavy (non-hydrogen) atoms. The molecule has 0 aromatic heterocycles. The molecule has 1 atom stereocenters. The fourth-order valence-electron chi connectivity index (χ4n) is 1.64. The lowest BCUT2D eigenvalue weighted by Crippen LogP contribution is -2.39. The number of sulfonamides is 1. The van der Waals surface area contributed by atoms with Crippen LogP contribution in [0.2, 0.25) is 0 Å². The van der Waals surface area contributed by atoms with Crippen molar-refractivity contribution in [2.24, 2.45) is 0 Å². The molecule has 1 aromatic rings. The zero-order chi connectivity index (χ0) is 13.4. The summed E-state index contributed by atoms with van der Waals surface area (Å²) in [6.45, 7) is 5.24. The Morgan fingerprint density at radius 3 is 2.42 bits per heavy atom. The zero-order valence-corrected chi connectivity index (χ0v) is 13.1. The second-order valence-corrected chi connectivity index (χ2v) is 6.29. The predicted octanol–water partition coefficient (Wildman–Crippen LogP) is 1.57. The van der Waals surface area contributed by atoms with E-state index in [1.807, 2.05) is 44.2 Å². The first-order valence-electron chi connectivity index (χ1n) is 6.28. The number of hydrogen-bond donors (Lipinski definition) is 2. The largest absolute Gasteiger partial charge is 0.313 e. The standard InChI is InChI=1S/C13H22N2O2S.ClH/c1-3-14-12(2)11-15-18(16,17)10-9-13-7-5-4-6-8-13;/h4-8,12,14-15H,3,9-11H2,1-2H3;1H/t12-;/m1./s1. The van der Waals surface area contributed by atoms with Crippen LogP contribution in [-0.4, -0.2) is 33.3 Å². The summed E-state index contributed by atoms with van der Waals surface area (Å²) in [6, 6.07) is 9.80. The van der Waals surface area contributed by atoms with Crippen molar-refractivity contribution in [2.45, 2.75) is 26.3 Å². The van der Waals surface area contributed by atoms with Crippen LogP contribution in [0, 0.1) is 0 Å². The van der Waals surface area contributed by atoms with Crippen LogP contribution < -0.4 is 10.0 Å². The fourth-order valence-corrected chi connectivity index (χ4v) is 2.79. The van der Waals surface area contributed by atoms with E-state index in [-0.39, 0.29) is 24.2 Å². The Morgan fingerprint density at radius 1 is 1.21 bits per heavy atom. The topological polar surface area (TPSA) is 58.2 Å². The minimum atomic E-state index is -3.18. The second-order valence-electron chi connectivity index (χ2n) is 4.36. The van der Waals surface area contributed by atoms with Crippen molar-refractivity contribution in [3.05, 3.63) is 35.9 Å². The predicted molar refractivity (Wildman–Crippen MR) is 82.3 cm³/mol. The van der Waals surface area contributed by atoms with Gasteiger partial charge in [-0.2, -0.15) is 0 Å². The van der Waals surface area contributed by atoms with Crippen LogP contribution in [0.1, 0.15) is 19.4 Å². The lowest BCUT2D eigenvalue weighted by atomic mass is 10.2. The summed E-state index contributed by atoms with van der Waals surface area (Å²) in [5.41, 5.74) is 1.04. The van der Waals surface area contributed by atoms with Crippen molar-refractivity contribution in [3.8, 4) is 0 Å². The molecule has 0 aliphatic rings. The van der Waals surface area contributed by atoms with Gasteiger partial charge in [-0.1, -0.05) is 37.3 Å². The van der Waals surface area contributed by atoms with Gasteiger partial charge in [0.05, 0.1) is 5.75 Å². The number of rotatable bonds is 8. The van der Waals surface area contributed by atoms with Crippen molar-refractivity contribution in [3.63, 3.8) is 0 Å². The van der Waals surface area contributed by atoms with Crippen molar-refractivity contribution in [1.29, 1.82) is 0 Å². The van der Waals surface area contributed by atoms with E-state index in [4.69, 9.17) is 0 Å². The molecule has 0 aliphatic carbocycles. The lowest BCUT2D eigenvalue weighted by Gasteiger charge is -2.13. The Balaban J connectivity index is 0.00000324. The molecule has 0 heterocycles. The van der Waals surface area contributed by atoms with Crippen molar-refractivity contribution in [1.82, 2.24) is 10.0 Å². The quantitative estimate of drug-likeness (QED) is 0.766. The van der Waals surface area contributed by atoms with Gasteiger partial charge < -0.3 is 5.32 Å². The summed E-state index contributed by atoms with van der Waals surface area (Å²) >= 11 is 0. The van der Waals surface area contributed by atoms with E-state index in [1.165, 1.54) is 0 Å². The van der Waals surface area contributed by atoms with Crippen molar-refractivity contribution < 1.29 is 8.42 Å². The Labute approximate surface area is 122 Å². The molecule has 0 amide bonds. The van der Waals surface area contributed by atoms with Gasteiger partial charge in [0.2, 0.25) is 10.0 Å². The molecule has 2 N–H and O–H groups in total. The summed E-state index contributed by atoms with van der Waals surface area (Å²) < 4.78 is 26.2. The monoisotopic (exact) mass is 306 g/mol. The SMILES string of the molecule is CCN[C@H](C)CNS(=O)(=O)CCc1ccccc1.Cl. The Hall–Kier alpha value is -0.620. The highest BCUT2D eigenvalue weighted by molar-refractivity contribution is 7.89. The van der Waals surface area contributed by atoms with Crippen LogP contribution in [0.25, 0.3) is 0 Å². The van der Waals surface area contributed by atoms with Crippen molar-refractivity contribution in [2.75, 3.05) is 18.8 Å². The number of halogens is 1. The zero-order valence-electron chi connectivity index (χ0n) is 11.4. The third kappa shape index (κ3) is 8.21. The minimum Gasteiger partial charge on any atom is -0.313 e. The van der Waals surface area contributed by atoms with Gasteiger partial charge in [0.1, 0.15) is 0 Å². The number of benzene rings is 1. The van der Waals surface area contributed by atoms with E-state index >= 15 is 0 Å². The van der Waals surface area contributed by atoms with Crippen LogP contribution >= 0.6 is 12.4 Å². The van der Waals surface area contributed by atoms with Crippen LogP contribution in [0.5, 0.6) is 0 Å². The molecule has 110 valence electrons. The van der Waals surface area contributed by atoms with E-state index in [1.54, 1.807) is 0 Å². The van der Waals surface area contributed by atoms with Gasteiger partial charge in [0.15, 0.2) is 0 Å². The average molecular weight is 307 g/mol. The maximum Gasteiger partial charge on any atom is 0.211 e. The Bertz CT molecular complexity index is 437. The third-order valence-corrected chi connectivity index (χ3v) is 4.01. The average Bonchev–Trinajstić information content (AvgIpc) is 2.36. The van der Waals surface area contributed by atoms with E-state index in [0.29, 0.717) is 13.0 Å². The van der Waals surface area contributed by atoms with Gasteiger partial charge in [-0.15, -0.1) is 12.4 Å². The summed E-state index contributed by atoms with van der Waals surface area (Å²) in [7, 11) is -3.18. The Morgan fingerprint density at radius 2 is 1.84 bits per heavy atom. The molecule has 0 radical (unpaired) electrons. The number of nitrogens with one attached hydrogen (secondary N) is 2. The molecule has 0 bridgehead atoms. The third-order valence-electron chi connectivity index (χ3n) is 2.66. The summed E-state index contributed by atoms with van der Waals surface area (Å²) in [5.74, 6) is 0.135. The normalized spacial score (nSPS) is 12.7. The minimum absolute atomic E-state index is 0. The molecule has 4 nitrogen and oxygen atoms in total. The molecular formula is C13H23ClN2O2S. The molecule has 0 aliphatic heterocycles. The summed E-state index contributed by atoms with van der Waals surface area (Å²) in [4.78, 5) is 0. The first-order chi connectivity index (χ1) is 8.53. The van der Waals surface area contributed by atoms with E-state index in [9.17, 15) is 8.42 Å². The Kier molecular flexibility index (Phi) is 9.01. The lowest BCUT2D eigenvalue weighted by molar-refractivity contribution is 0.536. The van der Waals surface area contributed by atoms with Crippen molar-refractivity contribution >= 4 is 22.4 Å². The van der Waals surface area contributed by atoms with Crippen LogP contribution in [0.4, 0.5) is 0 Å². The second kappa shape index (κ2) is 9.31. The molecule has 0 spiro atoms. The first kappa shape index (κ1) is 18.4. The molecule has 0 saturated heterocycles. The maximum atomic E-state index is 11.8. The first-order valence-corrected chi connectivity index (χ1v) is 7.93. The highest BCUT2D eigenvalue weighted by Crippen LogP contribution is 2.01. The van der Waals surface area contributed by atoms with E-state index in [0.717, 1.165) is 12.1 Å². The summed E-state index contributed by atoms with van der Waals surface area (Å²) in [6.07, 6.45) is 0.547. The number of aryl methyl sites for hydroxylation is 1. The van der Waals surface area contributed by atoms with Gasteiger partial charge in [0, 0.05) is 12.6 Å². The molecule has 0 fully saturated rings. The summed E-state index contributed by atoms with van der Waals surface area (Å²) in [5, 5.41) is 3.16. The molecule has 0 unspecified atom stereocenters. The molecule has 6 heteroatoms. The maximum absolute atomic E-state index is 11.8. The van der Waals surface area contributed by atoms with Gasteiger partial charge >= 0.3 is 0 Å². The van der Waals surface area contributed by atoms with Crippen LogP contribution in [0.3, 0.4) is 0 Å². The molecule has 1 rings (SSSR count). The highest BCUT2D eigenvalue weighted by atomic mass is 35.5. The van der Waals surface area contributed by atoms with E-state index in [2.05, 4.69) is 10.0 Å². The van der Waals surface area contributed by atoms with Gasteiger partial charge in [-0.05, 0) is 25.5 Å². The molecule has 1 aromatic carbocycles. The van der Waals surface area contributed by atoms with Crippen LogP contribution in [0.15, 0.2) is 30.3 Å².